The number of carbonyl (C=O) groups is 1. The molecule has 0 radical (unpaired) electrons. The Kier molecular flexibility index (Phi) is 6.12. The first-order chi connectivity index (χ1) is 13.2. The predicted molar refractivity (Wildman–Crippen MR) is 119 cm³/mol. The van der Waals surface area contributed by atoms with Gasteiger partial charge in [0.15, 0.2) is 0 Å². The van der Waals surface area contributed by atoms with E-state index in [0.717, 1.165) is 30.6 Å². The van der Waals surface area contributed by atoms with Gasteiger partial charge in [0.1, 0.15) is 21.8 Å². The highest BCUT2D eigenvalue weighted by Crippen LogP contribution is 2.34. The molecule has 0 amide bonds. The van der Waals surface area contributed by atoms with Gasteiger partial charge in [0.25, 0.3) is 0 Å². The Bertz CT molecular complexity index is 1130. The molecule has 0 aliphatic heterocycles. The molecule has 3 aromatic rings. The molecule has 28 heavy (non-hydrogen) atoms. The van der Waals surface area contributed by atoms with Gasteiger partial charge < -0.3 is 4.74 Å². The zero-order valence-corrected chi connectivity index (χ0v) is 19.1. The second kappa shape index (κ2) is 8.23. The Morgan fingerprint density at radius 3 is 2.79 bits per heavy atom. The molecule has 2 heterocycles. The number of esters is 1. The standard InChI is InChI=1S/C20H21BrN2O3S2/c1-5-26-19(24)12-17-22-13(2)20(21)23(17)18-10-9-16(27-18)14-7-6-8-15(11-14)28(3,4)25/h6-11H,3,5,12H2,1-2,4H3. The van der Waals surface area contributed by atoms with Crippen LogP contribution >= 0.6 is 27.3 Å². The molecule has 0 N–H and O–H groups in total. The third-order valence-corrected chi connectivity index (χ3v) is 7.39. The highest BCUT2D eigenvalue weighted by atomic mass is 79.9. The molecule has 0 saturated carbocycles. The number of carbonyl (C=O) groups excluding carboxylic acids is 1. The quantitative estimate of drug-likeness (QED) is 0.385. The summed E-state index contributed by atoms with van der Waals surface area (Å²) in [6.45, 7) is 4.01. The molecule has 0 fully saturated rings. The van der Waals surface area contributed by atoms with Gasteiger partial charge in [-0.25, -0.2) is 4.98 Å². The number of aryl methyl sites for hydroxylation is 1. The van der Waals surface area contributed by atoms with Crippen LogP contribution < -0.4 is 0 Å². The van der Waals surface area contributed by atoms with Crippen molar-refractivity contribution in [2.24, 2.45) is 0 Å². The number of aromatic nitrogens is 2. The smallest absolute Gasteiger partial charge is 0.313 e. The van der Waals surface area contributed by atoms with E-state index < -0.39 is 9.52 Å². The normalized spacial score (nSPS) is 13.3. The Morgan fingerprint density at radius 1 is 1.36 bits per heavy atom. The molecule has 0 saturated heterocycles. The number of rotatable bonds is 6. The molecular weight excluding hydrogens is 460 g/mol. The molecule has 0 aliphatic rings. The van der Waals surface area contributed by atoms with E-state index in [2.05, 4.69) is 26.8 Å². The van der Waals surface area contributed by atoms with Gasteiger partial charge in [0, 0.05) is 16.0 Å². The predicted octanol–water partition coefficient (Wildman–Crippen LogP) is 4.48. The van der Waals surface area contributed by atoms with E-state index in [1.54, 1.807) is 24.5 Å². The minimum atomic E-state index is -2.28. The number of hydrogen-bond acceptors (Lipinski definition) is 5. The van der Waals surface area contributed by atoms with Crippen LogP contribution in [-0.4, -0.2) is 38.5 Å². The van der Waals surface area contributed by atoms with Crippen LogP contribution in [0.25, 0.3) is 15.4 Å². The van der Waals surface area contributed by atoms with Crippen LogP contribution in [0.5, 0.6) is 0 Å². The lowest BCUT2D eigenvalue weighted by Crippen LogP contribution is -2.11. The van der Waals surface area contributed by atoms with Crippen LogP contribution in [0.2, 0.25) is 0 Å². The minimum absolute atomic E-state index is 0.0996. The third-order valence-electron chi connectivity index (χ3n) is 4.09. The highest BCUT2D eigenvalue weighted by molar-refractivity contribution is 9.10. The average Bonchev–Trinajstić information content (AvgIpc) is 3.20. The summed E-state index contributed by atoms with van der Waals surface area (Å²) in [6.07, 6.45) is 1.74. The summed E-state index contributed by atoms with van der Waals surface area (Å²) >= 11 is 5.15. The van der Waals surface area contributed by atoms with Crippen molar-refractivity contribution in [2.45, 2.75) is 25.2 Å². The van der Waals surface area contributed by atoms with Gasteiger partial charge in [0.2, 0.25) is 0 Å². The van der Waals surface area contributed by atoms with E-state index in [1.807, 2.05) is 47.9 Å². The molecule has 0 bridgehead atoms. The number of ether oxygens (including phenoxy) is 1. The zero-order chi connectivity index (χ0) is 20.5. The van der Waals surface area contributed by atoms with Gasteiger partial charge in [-0.3, -0.25) is 13.6 Å². The van der Waals surface area contributed by atoms with E-state index in [0.29, 0.717) is 12.4 Å². The van der Waals surface area contributed by atoms with Gasteiger partial charge in [-0.1, -0.05) is 12.1 Å². The van der Waals surface area contributed by atoms with Gasteiger partial charge in [-0.15, -0.1) is 11.3 Å². The van der Waals surface area contributed by atoms with Crippen molar-refractivity contribution in [3.63, 3.8) is 0 Å². The number of benzene rings is 1. The SMILES string of the molecule is C=S(C)(=O)c1cccc(-c2ccc(-n3c(CC(=O)OCC)nc(C)c3Br)s2)c1. The summed E-state index contributed by atoms with van der Waals surface area (Å²) in [5.74, 6) is 4.08. The molecule has 1 aromatic carbocycles. The zero-order valence-electron chi connectivity index (χ0n) is 15.9. The van der Waals surface area contributed by atoms with Gasteiger partial charge in [0.05, 0.1) is 12.3 Å². The monoisotopic (exact) mass is 480 g/mol. The summed E-state index contributed by atoms with van der Waals surface area (Å²) in [4.78, 5) is 18.2. The molecule has 1 unspecified atom stereocenters. The van der Waals surface area contributed by atoms with Crippen molar-refractivity contribution >= 4 is 48.6 Å². The molecule has 8 heteroatoms. The first kappa shape index (κ1) is 20.8. The van der Waals surface area contributed by atoms with Crippen molar-refractivity contribution in [3.8, 4) is 15.4 Å². The average molecular weight is 481 g/mol. The van der Waals surface area contributed by atoms with Crippen molar-refractivity contribution in [1.82, 2.24) is 9.55 Å². The first-order valence-electron chi connectivity index (χ1n) is 8.63. The first-order valence-corrected chi connectivity index (χ1v) is 12.4. The van der Waals surface area contributed by atoms with Crippen LogP contribution in [-0.2, 0) is 25.5 Å². The van der Waals surface area contributed by atoms with Gasteiger partial charge >= 0.3 is 5.97 Å². The van der Waals surface area contributed by atoms with Gasteiger partial charge in [-0.05, 0) is 75.0 Å². The molecule has 0 aliphatic carbocycles. The molecule has 5 nitrogen and oxygen atoms in total. The van der Waals surface area contributed by atoms with Gasteiger partial charge in [-0.2, -0.15) is 0 Å². The van der Waals surface area contributed by atoms with E-state index in [1.165, 1.54) is 0 Å². The topological polar surface area (TPSA) is 61.2 Å². The lowest BCUT2D eigenvalue weighted by atomic mass is 10.2. The summed E-state index contributed by atoms with van der Waals surface area (Å²) in [6, 6.07) is 11.6. The molecular formula is C20H21BrN2O3S2. The molecule has 3 rings (SSSR count). The van der Waals surface area contributed by atoms with E-state index in [-0.39, 0.29) is 12.4 Å². The number of thiophene rings is 1. The van der Waals surface area contributed by atoms with Crippen LogP contribution in [0.4, 0.5) is 0 Å². The van der Waals surface area contributed by atoms with Crippen molar-refractivity contribution < 1.29 is 13.7 Å². The summed E-state index contributed by atoms with van der Waals surface area (Å²) < 4.78 is 20.1. The fourth-order valence-electron chi connectivity index (χ4n) is 2.77. The maximum atomic E-state index is 12.3. The maximum absolute atomic E-state index is 12.3. The van der Waals surface area contributed by atoms with Crippen molar-refractivity contribution in [3.05, 3.63) is 52.5 Å². The second-order valence-corrected chi connectivity index (χ2v) is 10.7. The minimum Gasteiger partial charge on any atom is -0.466 e. The Balaban J connectivity index is 2.00. The lowest BCUT2D eigenvalue weighted by Gasteiger charge is -2.07. The number of imidazole rings is 1. The number of halogens is 1. The summed E-state index contributed by atoms with van der Waals surface area (Å²) in [7, 11) is -2.28. The molecule has 1 atom stereocenters. The fourth-order valence-corrected chi connectivity index (χ4v) is 5.14. The Hall–Kier alpha value is -1.90. The Morgan fingerprint density at radius 2 is 2.11 bits per heavy atom. The van der Waals surface area contributed by atoms with E-state index in [9.17, 15) is 9.00 Å². The number of nitrogens with zero attached hydrogens (tertiary/aromatic N) is 2. The summed E-state index contributed by atoms with van der Waals surface area (Å²) in [5.41, 5.74) is 1.78. The fraction of sp³-hybridized carbons (Fsp3) is 0.250. The highest BCUT2D eigenvalue weighted by Gasteiger charge is 2.19. The third kappa shape index (κ3) is 4.39. The largest absolute Gasteiger partial charge is 0.466 e. The molecule has 0 spiro atoms. The van der Waals surface area contributed by atoms with Crippen LogP contribution in [0.1, 0.15) is 18.4 Å². The van der Waals surface area contributed by atoms with Crippen LogP contribution in [0.3, 0.4) is 0 Å². The molecule has 148 valence electrons. The lowest BCUT2D eigenvalue weighted by molar-refractivity contribution is -0.142. The Labute approximate surface area is 177 Å². The van der Waals surface area contributed by atoms with Crippen LogP contribution in [0, 0.1) is 6.92 Å². The van der Waals surface area contributed by atoms with Crippen LogP contribution in [0.15, 0.2) is 45.9 Å². The van der Waals surface area contributed by atoms with Crippen molar-refractivity contribution in [1.29, 1.82) is 0 Å². The maximum Gasteiger partial charge on any atom is 0.313 e. The molecule has 2 aromatic heterocycles. The van der Waals surface area contributed by atoms with E-state index in [4.69, 9.17) is 4.74 Å². The number of hydrogen-bond donors (Lipinski definition) is 0. The summed E-state index contributed by atoms with van der Waals surface area (Å²) in [5, 5.41) is 0.930. The van der Waals surface area contributed by atoms with Crippen molar-refractivity contribution in [2.75, 3.05) is 12.9 Å². The van der Waals surface area contributed by atoms with E-state index >= 15 is 0 Å². The second-order valence-electron chi connectivity index (χ2n) is 6.39.